The molecule has 4 rings (SSSR count). The Bertz CT molecular complexity index is 1090. The number of pyridine rings is 1. The van der Waals surface area contributed by atoms with E-state index in [1.165, 1.54) is 11.1 Å². The third kappa shape index (κ3) is 2.64. The van der Waals surface area contributed by atoms with Gasteiger partial charge < -0.3 is 4.74 Å². The summed E-state index contributed by atoms with van der Waals surface area (Å²) in [5.74, 6) is 0.849. The van der Waals surface area contributed by atoms with E-state index in [0.717, 1.165) is 39.3 Å². The van der Waals surface area contributed by atoms with Gasteiger partial charge in [-0.15, -0.1) is 0 Å². The van der Waals surface area contributed by atoms with E-state index in [4.69, 9.17) is 9.84 Å². The Hall–Kier alpha value is -3.14. The van der Waals surface area contributed by atoms with Crippen molar-refractivity contribution in [2.24, 2.45) is 0 Å². The zero-order valence-corrected chi connectivity index (χ0v) is 15.4. The van der Waals surface area contributed by atoms with Gasteiger partial charge in [-0.3, -0.25) is 0 Å². The van der Waals surface area contributed by atoms with Crippen molar-refractivity contribution in [2.45, 2.75) is 20.8 Å². The van der Waals surface area contributed by atoms with Crippen molar-refractivity contribution in [1.29, 1.82) is 0 Å². The van der Waals surface area contributed by atoms with Crippen LogP contribution >= 0.6 is 0 Å². The molecule has 0 unspecified atom stereocenters. The molecule has 0 radical (unpaired) electrons. The molecule has 0 amide bonds. The molecule has 0 fully saturated rings. The summed E-state index contributed by atoms with van der Waals surface area (Å²) in [5.41, 5.74) is 7.65. The Kier molecular flexibility index (Phi) is 3.96. The van der Waals surface area contributed by atoms with Crippen LogP contribution in [0.1, 0.15) is 16.8 Å². The summed E-state index contributed by atoms with van der Waals surface area (Å²) in [4.78, 5) is 4.63. The Morgan fingerprint density at radius 3 is 2.35 bits per heavy atom. The smallest absolute Gasteiger partial charge is 0.163 e. The second kappa shape index (κ2) is 6.30. The van der Waals surface area contributed by atoms with E-state index in [0.29, 0.717) is 0 Å². The van der Waals surface area contributed by atoms with Gasteiger partial charge in [-0.25, -0.2) is 9.67 Å². The standard InChI is InChI=1S/C22H21N3O/c1-14-5-8-18(13-15(14)2)25-22-21(16(3)24-25)20(11-12-23-22)17-6-9-19(26-4)10-7-17/h5-13H,1-4H3. The number of rotatable bonds is 3. The second-order valence-corrected chi connectivity index (χ2v) is 6.55. The van der Waals surface area contributed by atoms with Gasteiger partial charge >= 0.3 is 0 Å². The zero-order valence-electron chi connectivity index (χ0n) is 15.4. The van der Waals surface area contributed by atoms with Crippen LogP contribution < -0.4 is 4.74 Å². The monoisotopic (exact) mass is 343 g/mol. The van der Waals surface area contributed by atoms with Crippen molar-refractivity contribution >= 4 is 11.0 Å². The highest BCUT2D eigenvalue weighted by Gasteiger charge is 2.15. The minimum Gasteiger partial charge on any atom is -0.497 e. The Morgan fingerprint density at radius 2 is 1.65 bits per heavy atom. The average molecular weight is 343 g/mol. The maximum atomic E-state index is 5.27. The summed E-state index contributed by atoms with van der Waals surface area (Å²) in [7, 11) is 1.68. The number of aromatic nitrogens is 3. The Labute approximate surface area is 153 Å². The van der Waals surface area contributed by atoms with Gasteiger partial charge in [0.05, 0.1) is 23.9 Å². The lowest BCUT2D eigenvalue weighted by atomic mass is 10.0. The van der Waals surface area contributed by atoms with Gasteiger partial charge in [0.15, 0.2) is 5.65 Å². The van der Waals surface area contributed by atoms with Crippen LogP contribution in [0.2, 0.25) is 0 Å². The quantitative estimate of drug-likeness (QED) is 0.524. The number of benzene rings is 2. The highest BCUT2D eigenvalue weighted by Crippen LogP contribution is 2.32. The number of hydrogen-bond donors (Lipinski definition) is 0. The predicted octanol–water partition coefficient (Wildman–Crippen LogP) is 5.02. The van der Waals surface area contributed by atoms with Gasteiger partial charge in [-0.1, -0.05) is 18.2 Å². The van der Waals surface area contributed by atoms with Crippen LogP contribution in [0.5, 0.6) is 5.75 Å². The topological polar surface area (TPSA) is 39.9 Å². The molecule has 0 spiro atoms. The Morgan fingerprint density at radius 1 is 0.885 bits per heavy atom. The molecule has 0 aliphatic carbocycles. The van der Waals surface area contributed by atoms with Crippen LogP contribution in [0.4, 0.5) is 0 Å². The summed E-state index contributed by atoms with van der Waals surface area (Å²) in [5, 5.41) is 5.86. The normalized spacial score (nSPS) is 11.1. The molecule has 0 aliphatic rings. The molecule has 4 aromatic rings. The second-order valence-electron chi connectivity index (χ2n) is 6.55. The van der Waals surface area contributed by atoms with Crippen molar-refractivity contribution in [3.8, 4) is 22.6 Å². The van der Waals surface area contributed by atoms with Gasteiger partial charge in [-0.2, -0.15) is 5.10 Å². The molecule has 2 aromatic heterocycles. The lowest BCUT2D eigenvalue weighted by Crippen LogP contribution is -1.99. The first kappa shape index (κ1) is 16.3. The molecule has 0 saturated heterocycles. The summed E-state index contributed by atoms with van der Waals surface area (Å²) < 4.78 is 7.20. The summed E-state index contributed by atoms with van der Waals surface area (Å²) in [6.07, 6.45) is 1.85. The molecule has 0 atom stereocenters. The number of ether oxygens (including phenoxy) is 1. The first-order valence-corrected chi connectivity index (χ1v) is 8.65. The first-order valence-electron chi connectivity index (χ1n) is 8.65. The summed E-state index contributed by atoms with van der Waals surface area (Å²) in [6.45, 7) is 6.27. The van der Waals surface area contributed by atoms with Crippen LogP contribution in [-0.2, 0) is 0 Å². The van der Waals surface area contributed by atoms with Crippen LogP contribution in [-0.4, -0.2) is 21.9 Å². The lowest BCUT2D eigenvalue weighted by Gasteiger charge is -2.08. The summed E-state index contributed by atoms with van der Waals surface area (Å²) >= 11 is 0. The van der Waals surface area contributed by atoms with Gasteiger partial charge in [-0.05, 0) is 73.4 Å². The van der Waals surface area contributed by atoms with Gasteiger partial charge in [0.1, 0.15) is 5.75 Å². The molecule has 0 saturated carbocycles. The number of aryl methyl sites for hydroxylation is 3. The maximum Gasteiger partial charge on any atom is 0.163 e. The summed E-state index contributed by atoms with van der Waals surface area (Å²) in [6, 6.07) is 16.5. The molecular weight excluding hydrogens is 322 g/mol. The third-order valence-corrected chi connectivity index (χ3v) is 4.88. The molecule has 130 valence electrons. The minimum absolute atomic E-state index is 0.849. The molecular formula is C22H21N3O. The average Bonchev–Trinajstić information content (AvgIpc) is 3.01. The van der Waals surface area contributed by atoms with Gasteiger partial charge in [0.2, 0.25) is 0 Å². The number of methoxy groups -OCH3 is 1. The van der Waals surface area contributed by atoms with Crippen molar-refractivity contribution in [2.75, 3.05) is 7.11 Å². The fourth-order valence-electron chi connectivity index (χ4n) is 3.26. The van der Waals surface area contributed by atoms with E-state index in [1.54, 1.807) is 7.11 Å². The predicted molar refractivity (Wildman–Crippen MR) is 105 cm³/mol. The third-order valence-electron chi connectivity index (χ3n) is 4.88. The molecule has 0 N–H and O–H groups in total. The fourth-order valence-corrected chi connectivity index (χ4v) is 3.26. The highest BCUT2D eigenvalue weighted by molar-refractivity contribution is 5.95. The minimum atomic E-state index is 0.849. The van der Waals surface area contributed by atoms with E-state index in [9.17, 15) is 0 Å². The number of hydrogen-bond acceptors (Lipinski definition) is 3. The number of fused-ring (bicyclic) bond motifs is 1. The van der Waals surface area contributed by atoms with Gasteiger partial charge in [0.25, 0.3) is 0 Å². The van der Waals surface area contributed by atoms with Crippen LogP contribution in [0, 0.1) is 20.8 Å². The van der Waals surface area contributed by atoms with Crippen LogP contribution in [0.25, 0.3) is 27.8 Å². The molecule has 26 heavy (non-hydrogen) atoms. The SMILES string of the molecule is COc1ccc(-c2ccnc3c2c(C)nn3-c2ccc(C)c(C)c2)cc1. The van der Waals surface area contributed by atoms with E-state index in [-0.39, 0.29) is 0 Å². The fraction of sp³-hybridized carbons (Fsp3) is 0.182. The van der Waals surface area contributed by atoms with Crippen molar-refractivity contribution in [3.05, 3.63) is 71.5 Å². The first-order chi connectivity index (χ1) is 12.6. The molecule has 4 nitrogen and oxygen atoms in total. The van der Waals surface area contributed by atoms with E-state index >= 15 is 0 Å². The Balaban J connectivity index is 1.92. The molecule has 2 heterocycles. The van der Waals surface area contributed by atoms with E-state index in [1.807, 2.05) is 36.0 Å². The largest absolute Gasteiger partial charge is 0.497 e. The van der Waals surface area contributed by atoms with E-state index in [2.05, 4.69) is 49.2 Å². The molecule has 0 bridgehead atoms. The molecule has 0 aliphatic heterocycles. The number of nitrogens with zero attached hydrogens (tertiary/aromatic N) is 3. The van der Waals surface area contributed by atoms with E-state index < -0.39 is 0 Å². The zero-order chi connectivity index (χ0) is 18.3. The van der Waals surface area contributed by atoms with Crippen LogP contribution in [0.3, 0.4) is 0 Å². The van der Waals surface area contributed by atoms with Crippen LogP contribution in [0.15, 0.2) is 54.7 Å². The molecule has 4 heteroatoms. The maximum absolute atomic E-state index is 5.27. The van der Waals surface area contributed by atoms with Crippen molar-refractivity contribution < 1.29 is 4.74 Å². The van der Waals surface area contributed by atoms with Crippen molar-refractivity contribution in [1.82, 2.24) is 14.8 Å². The molecule has 2 aromatic carbocycles. The van der Waals surface area contributed by atoms with Crippen molar-refractivity contribution in [3.63, 3.8) is 0 Å². The van der Waals surface area contributed by atoms with Gasteiger partial charge in [0, 0.05) is 6.20 Å². The highest BCUT2D eigenvalue weighted by atomic mass is 16.5. The lowest BCUT2D eigenvalue weighted by molar-refractivity contribution is 0.415.